The maximum Gasteiger partial charge on any atom is 0.416 e. The number of carbonyl (C=O) groups is 1. The number of hydrogen-bond acceptors (Lipinski definition) is 5. The summed E-state index contributed by atoms with van der Waals surface area (Å²) < 4.78 is 46.3. The second kappa shape index (κ2) is 11.0. The van der Waals surface area contributed by atoms with Crippen molar-refractivity contribution in [2.24, 2.45) is 0 Å². The van der Waals surface area contributed by atoms with Crippen LogP contribution in [0, 0.1) is 0 Å². The summed E-state index contributed by atoms with van der Waals surface area (Å²) in [7, 11) is 1.67. The summed E-state index contributed by atoms with van der Waals surface area (Å²) in [5.41, 5.74) is 2.48. The van der Waals surface area contributed by atoms with E-state index in [2.05, 4.69) is 15.1 Å². The quantitative estimate of drug-likeness (QED) is 0.230. The molecule has 0 aliphatic rings. The van der Waals surface area contributed by atoms with E-state index < -0.39 is 11.7 Å². The van der Waals surface area contributed by atoms with Crippen molar-refractivity contribution in [3.8, 4) is 11.4 Å². The fraction of sp³-hybridized carbons (Fsp3) is 0.172. The molecule has 5 aromatic rings. The Bertz CT molecular complexity index is 1580. The van der Waals surface area contributed by atoms with Gasteiger partial charge in [-0.3, -0.25) is 9.48 Å². The molecule has 0 spiro atoms. The third kappa shape index (κ3) is 5.96. The Hall–Kier alpha value is -4.57. The SMILES string of the molecule is CN(C(=O)c1ccnn1CCOCc1ccccc1)c1ccc(-c2ncc3cc(C(F)(F)F)ccc3n2)cc1. The van der Waals surface area contributed by atoms with Gasteiger partial charge in [0.25, 0.3) is 5.91 Å². The van der Waals surface area contributed by atoms with E-state index in [0.717, 1.165) is 17.7 Å². The summed E-state index contributed by atoms with van der Waals surface area (Å²) in [5.74, 6) is 0.141. The van der Waals surface area contributed by atoms with Crippen molar-refractivity contribution in [3.63, 3.8) is 0 Å². The van der Waals surface area contributed by atoms with Gasteiger partial charge in [0.2, 0.25) is 0 Å². The highest BCUT2D eigenvalue weighted by Gasteiger charge is 2.30. The fourth-order valence-corrected chi connectivity index (χ4v) is 4.08. The number of benzene rings is 3. The van der Waals surface area contributed by atoms with E-state index in [1.165, 1.54) is 17.2 Å². The maximum absolute atomic E-state index is 13.2. The normalized spacial score (nSPS) is 11.6. The molecule has 39 heavy (non-hydrogen) atoms. The van der Waals surface area contributed by atoms with Gasteiger partial charge in [-0.25, -0.2) is 9.97 Å². The van der Waals surface area contributed by atoms with Crippen LogP contribution in [0.1, 0.15) is 21.6 Å². The lowest BCUT2D eigenvalue weighted by atomic mass is 10.1. The van der Waals surface area contributed by atoms with Crippen molar-refractivity contribution < 1.29 is 22.7 Å². The highest BCUT2D eigenvalue weighted by atomic mass is 19.4. The lowest BCUT2D eigenvalue weighted by Crippen LogP contribution is -2.29. The molecule has 2 aromatic heterocycles. The van der Waals surface area contributed by atoms with E-state index in [1.807, 2.05) is 30.3 Å². The van der Waals surface area contributed by atoms with Crippen LogP contribution >= 0.6 is 0 Å². The third-order valence-corrected chi connectivity index (χ3v) is 6.22. The van der Waals surface area contributed by atoms with Crippen LogP contribution in [-0.2, 0) is 24.1 Å². The zero-order valence-corrected chi connectivity index (χ0v) is 21.0. The van der Waals surface area contributed by atoms with Gasteiger partial charge in [0.15, 0.2) is 5.82 Å². The summed E-state index contributed by atoms with van der Waals surface area (Å²) in [5, 5.41) is 4.57. The largest absolute Gasteiger partial charge is 0.416 e. The van der Waals surface area contributed by atoms with E-state index in [9.17, 15) is 18.0 Å². The van der Waals surface area contributed by atoms with Gasteiger partial charge in [0, 0.05) is 36.1 Å². The van der Waals surface area contributed by atoms with Gasteiger partial charge in [-0.15, -0.1) is 0 Å². The van der Waals surface area contributed by atoms with Crippen LogP contribution in [0.2, 0.25) is 0 Å². The topological polar surface area (TPSA) is 73.1 Å². The van der Waals surface area contributed by atoms with Gasteiger partial charge in [-0.1, -0.05) is 30.3 Å². The Labute approximate surface area is 222 Å². The molecule has 0 fully saturated rings. The molecule has 5 rings (SSSR count). The number of carbonyl (C=O) groups excluding carboxylic acids is 1. The molecule has 0 saturated carbocycles. The number of rotatable bonds is 8. The van der Waals surface area contributed by atoms with Gasteiger partial charge in [-0.2, -0.15) is 18.3 Å². The predicted molar refractivity (Wildman–Crippen MR) is 141 cm³/mol. The second-order valence-electron chi connectivity index (χ2n) is 8.85. The van der Waals surface area contributed by atoms with Crippen LogP contribution < -0.4 is 4.90 Å². The lowest BCUT2D eigenvalue weighted by molar-refractivity contribution is -0.137. The Balaban J connectivity index is 1.24. The molecule has 0 aliphatic carbocycles. The first-order chi connectivity index (χ1) is 18.8. The summed E-state index contributed by atoms with van der Waals surface area (Å²) in [6, 6.07) is 21.9. The number of alkyl halides is 3. The Morgan fingerprint density at radius 3 is 2.51 bits per heavy atom. The highest BCUT2D eigenvalue weighted by Crippen LogP contribution is 2.31. The first kappa shape index (κ1) is 26.1. The molecular formula is C29H24F3N5O2. The molecule has 0 aliphatic heterocycles. The molecule has 198 valence electrons. The van der Waals surface area contributed by atoms with Gasteiger partial charge >= 0.3 is 6.18 Å². The van der Waals surface area contributed by atoms with Crippen LogP contribution in [0.15, 0.2) is 91.3 Å². The minimum absolute atomic E-state index is 0.231. The van der Waals surface area contributed by atoms with Crippen LogP contribution in [-0.4, -0.2) is 39.3 Å². The first-order valence-corrected chi connectivity index (χ1v) is 12.2. The third-order valence-electron chi connectivity index (χ3n) is 6.22. The van der Waals surface area contributed by atoms with Crippen molar-refractivity contribution in [1.82, 2.24) is 19.7 Å². The van der Waals surface area contributed by atoms with Crippen molar-refractivity contribution in [2.75, 3.05) is 18.6 Å². The molecule has 0 radical (unpaired) electrons. The van der Waals surface area contributed by atoms with E-state index in [-0.39, 0.29) is 5.91 Å². The molecule has 1 amide bonds. The second-order valence-corrected chi connectivity index (χ2v) is 8.85. The van der Waals surface area contributed by atoms with Gasteiger partial charge in [-0.05, 0) is 54.1 Å². The number of ether oxygens (including phenoxy) is 1. The summed E-state index contributed by atoms with van der Waals surface area (Å²) in [6.45, 7) is 1.31. The average molecular weight is 532 g/mol. The van der Waals surface area contributed by atoms with Gasteiger partial charge in [0.05, 0.1) is 30.8 Å². The molecule has 0 N–H and O–H groups in total. The average Bonchev–Trinajstić information content (AvgIpc) is 3.42. The van der Waals surface area contributed by atoms with Crippen molar-refractivity contribution in [2.45, 2.75) is 19.3 Å². The molecule has 0 atom stereocenters. The number of halogens is 3. The molecule has 0 saturated heterocycles. The predicted octanol–water partition coefficient (Wildman–Crippen LogP) is 6.01. The summed E-state index contributed by atoms with van der Waals surface area (Å²) >= 11 is 0. The number of anilines is 1. The van der Waals surface area contributed by atoms with E-state index in [4.69, 9.17) is 4.74 Å². The van der Waals surface area contributed by atoms with Gasteiger partial charge < -0.3 is 9.64 Å². The number of nitrogens with zero attached hydrogens (tertiary/aromatic N) is 5. The van der Waals surface area contributed by atoms with Crippen LogP contribution in [0.4, 0.5) is 18.9 Å². The van der Waals surface area contributed by atoms with Crippen LogP contribution in [0.25, 0.3) is 22.3 Å². The molecule has 7 nitrogen and oxygen atoms in total. The Kier molecular flexibility index (Phi) is 7.38. The zero-order valence-electron chi connectivity index (χ0n) is 21.0. The van der Waals surface area contributed by atoms with Crippen LogP contribution in [0.3, 0.4) is 0 Å². The van der Waals surface area contributed by atoms with Crippen molar-refractivity contribution in [3.05, 3.63) is 108 Å². The minimum atomic E-state index is -4.43. The summed E-state index contributed by atoms with van der Waals surface area (Å²) in [4.78, 5) is 23.4. The van der Waals surface area contributed by atoms with E-state index in [0.29, 0.717) is 53.4 Å². The van der Waals surface area contributed by atoms with E-state index in [1.54, 1.807) is 48.3 Å². The molecule has 10 heteroatoms. The fourth-order valence-electron chi connectivity index (χ4n) is 4.08. The number of fused-ring (bicyclic) bond motifs is 1. The number of aromatic nitrogens is 4. The first-order valence-electron chi connectivity index (χ1n) is 12.2. The monoisotopic (exact) mass is 531 g/mol. The molecule has 0 unspecified atom stereocenters. The zero-order chi connectivity index (χ0) is 27.4. The smallest absolute Gasteiger partial charge is 0.375 e. The molecular weight excluding hydrogens is 507 g/mol. The minimum Gasteiger partial charge on any atom is -0.375 e. The van der Waals surface area contributed by atoms with Crippen molar-refractivity contribution in [1.29, 1.82) is 0 Å². The number of amides is 1. The molecule has 2 heterocycles. The molecule has 3 aromatic carbocycles. The molecule has 0 bridgehead atoms. The Morgan fingerprint density at radius 1 is 1.00 bits per heavy atom. The highest BCUT2D eigenvalue weighted by molar-refractivity contribution is 6.04. The van der Waals surface area contributed by atoms with Crippen LogP contribution in [0.5, 0.6) is 0 Å². The number of hydrogen-bond donors (Lipinski definition) is 0. The summed E-state index contributed by atoms with van der Waals surface area (Å²) in [6.07, 6.45) is -1.47. The Morgan fingerprint density at radius 2 is 1.77 bits per heavy atom. The van der Waals surface area contributed by atoms with Crippen molar-refractivity contribution >= 4 is 22.5 Å². The lowest BCUT2D eigenvalue weighted by Gasteiger charge is -2.18. The standard InChI is InChI=1S/C29H24F3N5O2/c1-36(28(38)26-13-14-34-37(26)15-16-39-19-20-5-3-2-4-6-20)24-10-7-21(8-11-24)27-33-18-22-17-23(29(30,31)32)9-12-25(22)35-27/h2-14,17-18H,15-16,19H2,1H3. The van der Waals surface area contributed by atoms with E-state index >= 15 is 0 Å². The maximum atomic E-state index is 13.2. The van der Waals surface area contributed by atoms with Gasteiger partial charge in [0.1, 0.15) is 5.69 Å².